The zero-order valence-electron chi connectivity index (χ0n) is 17.4. The van der Waals surface area contributed by atoms with Crippen molar-refractivity contribution in [3.05, 3.63) is 71.3 Å². The lowest BCUT2D eigenvalue weighted by molar-refractivity contribution is -0.126. The van der Waals surface area contributed by atoms with E-state index in [1.807, 2.05) is 29.2 Å². The Balaban J connectivity index is 1.59. The summed E-state index contributed by atoms with van der Waals surface area (Å²) < 4.78 is 0. The van der Waals surface area contributed by atoms with Crippen LogP contribution in [0.5, 0.6) is 0 Å². The number of carbonyl (C=O) groups excluding carboxylic acids is 2. The first-order valence-electron chi connectivity index (χ1n) is 10.7. The average molecular weight is 399 g/mol. The highest BCUT2D eigenvalue weighted by molar-refractivity contribution is 6.11. The number of benzene rings is 3. The van der Waals surface area contributed by atoms with Crippen LogP contribution in [0, 0.1) is 19.8 Å². The maximum atomic E-state index is 13.5. The molecule has 3 saturated heterocycles. The van der Waals surface area contributed by atoms with Crippen LogP contribution in [0.2, 0.25) is 0 Å². The number of aryl methyl sites for hydroxylation is 2. The third-order valence-corrected chi connectivity index (χ3v) is 6.59. The quantitative estimate of drug-likeness (QED) is 0.692. The molecule has 0 radical (unpaired) electrons. The van der Waals surface area contributed by atoms with E-state index in [4.69, 9.17) is 0 Å². The van der Waals surface area contributed by atoms with Gasteiger partial charge in [0.1, 0.15) is 0 Å². The molecule has 1 N–H and O–H groups in total. The molecule has 0 saturated carbocycles. The van der Waals surface area contributed by atoms with Crippen molar-refractivity contribution < 1.29 is 9.59 Å². The minimum atomic E-state index is -0.0896. The number of amides is 2. The summed E-state index contributed by atoms with van der Waals surface area (Å²) in [5, 5.41) is 5.12. The molecule has 3 aromatic carbocycles. The summed E-state index contributed by atoms with van der Waals surface area (Å²) in [5.74, 6) is 0.0250. The molecule has 3 fully saturated rings. The van der Waals surface area contributed by atoms with Crippen molar-refractivity contribution in [2.24, 2.45) is 5.92 Å². The number of carbonyl (C=O) groups is 2. The van der Waals surface area contributed by atoms with E-state index in [9.17, 15) is 9.59 Å². The SMILES string of the molecule is Cc1ccc(C)c(-c2ccc(C(=O)N3C[C@@H]4CC[C@H](C3)C(=O)N4)c3ccccc23)c1. The fraction of sp³-hybridized carbons (Fsp3) is 0.308. The second-order valence-corrected chi connectivity index (χ2v) is 8.71. The lowest BCUT2D eigenvalue weighted by Crippen LogP contribution is -2.43. The molecule has 4 nitrogen and oxygen atoms in total. The molecule has 2 amide bonds. The van der Waals surface area contributed by atoms with Crippen molar-refractivity contribution >= 4 is 22.6 Å². The number of nitrogens with one attached hydrogen (secondary N) is 1. The number of hydrogen-bond donors (Lipinski definition) is 1. The van der Waals surface area contributed by atoms with Crippen LogP contribution in [0.1, 0.15) is 34.3 Å². The third kappa shape index (κ3) is 3.17. The van der Waals surface area contributed by atoms with Gasteiger partial charge in [-0.2, -0.15) is 0 Å². The summed E-state index contributed by atoms with van der Waals surface area (Å²) in [7, 11) is 0. The van der Waals surface area contributed by atoms with E-state index < -0.39 is 0 Å². The van der Waals surface area contributed by atoms with Crippen molar-refractivity contribution in [2.45, 2.75) is 32.7 Å². The Morgan fingerprint density at radius 2 is 1.73 bits per heavy atom. The molecule has 2 atom stereocenters. The Morgan fingerprint density at radius 1 is 0.933 bits per heavy atom. The predicted molar refractivity (Wildman–Crippen MR) is 119 cm³/mol. The summed E-state index contributed by atoms with van der Waals surface area (Å²) in [6.07, 6.45) is 1.82. The van der Waals surface area contributed by atoms with E-state index in [1.54, 1.807) is 0 Å². The molecule has 30 heavy (non-hydrogen) atoms. The van der Waals surface area contributed by atoms with Gasteiger partial charge in [0.05, 0.1) is 5.92 Å². The van der Waals surface area contributed by atoms with Crippen molar-refractivity contribution in [3.63, 3.8) is 0 Å². The standard InChI is InChI=1S/C26H26N2O2/c1-16-7-8-17(2)24(13-16)22-11-12-23(21-6-4-3-5-20(21)22)26(30)28-14-18-9-10-19(15-28)27-25(18)29/h3-8,11-13,18-19H,9-10,14-15H2,1-2H3,(H,27,29)/t18-,19+/m1/s1. The molecule has 152 valence electrons. The van der Waals surface area contributed by atoms with Gasteiger partial charge in [-0.15, -0.1) is 0 Å². The topological polar surface area (TPSA) is 49.4 Å². The van der Waals surface area contributed by atoms with Crippen LogP contribution in [0.3, 0.4) is 0 Å². The van der Waals surface area contributed by atoms with E-state index >= 15 is 0 Å². The van der Waals surface area contributed by atoms with Crippen LogP contribution in [-0.4, -0.2) is 35.8 Å². The van der Waals surface area contributed by atoms with Crippen molar-refractivity contribution in [1.29, 1.82) is 0 Å². The van der Waals surface area contributed by atoms with Crippen LogP contribution in [-0.2, 0) is 4.79 Å². The molecule has 3 aliphatic heterocycles. The van der Waals surface area contributed by atoms with Gasteiger partial charge in [-0.05, 0) is 60.2 Å². The summed E-state index contributed by atoms with van der Waals surface area (Å²) in [6.45, 7) is 5.33. The lowest BCUT2D eigenvalue weighted by Gasteiger charge is -2.23. The highest BCUT2D eigenvalue weighted by atomic mass is 16.2. The van der Waals surface area contributed by atoms with E-state index in [2.05, 4.69) is 49.5 Å². The van der Waals surface area contributed by atoms with Gasteiger partial charge in [0.2, 0.25) is 5.91 Å². The summed E-state index contributed by atoms with van der Waals surface area (Å²) in [4.78, 5) is 27.6. The molecule has 2 bridgehead atoms. The van der Waals surface area contributed by atoms with Crippen LogP contribution >= 0.6 is 0 Å². The molecule has 3 heterocycles. The molecule has 0 spiro atoms. The Hall–Kier alpha value is -3.14. The number of fused-ring (bicyclic) bond motifs is 5. The summed E-state index contributed by atoms with van der Waals surface area (Å²) >= 11 is 0. The highest BCUT2D eigenvalue weighted by Crippen LogP contribution is 2.34. The molecule has 4 heteroatoms. The minimum absolute atomic E-state index is 0.0205. The number of nitrogens with zero attached hydrogens (tertiary/aromatic N) is 1. The second-order valence-electron chi connectivity index (χ2n) is 8.71. The average Bonchev–Trinajstić information content (AvgIpc) is 3.06. The van der Waals surface area contributed by atoms with Gasteiger partial charge in [0.15, 0.2) is 0 Å². The molecular formula is C26H26N2O2. The maximum absolute atomic E-state index is 13.5. The molecule has 3 aromatic rings. The zero-order chi connectivity index (χ0) is 20.8. The van der Waals surface area contributed by atoms with Gasteiger partial charge >= 0.3 is 0 Å². The van der Waals surface area contributed by atoms with Gasteiger partial charge < -0.3 is 10.2 Å². The van der Waals surface area contributed by atoms with Gasteiger partial charge in [0, 0.05) is 24.7 Å². The minimum Gasteiger partial charge on any atom is -0.351 e. The fourth-order valence-corrected chi connectivity index (χ4v) is 4.93. The number of piperidine rings is 1. The van der Waals surface area contributed by atoms with Crippen molar-refractivity contribution in [2.75, 3.05) is 13.1 Å². The first-order chi connectivity index (χ1) is 14.5. The molecular weight excluding hydrogens is 372 g/mol. The second kappa shape index (κ2) is 7.28. The molecule has 0 aromatic heterocycles. The van der Waals surface area contributed by atoms with E-state index in [0.29, 0.717) is 18.7 Å². The van der Waals surface area contributed by atoms with Crippen LogP contribution in [0.15, 0.2) is 54.6 Å². The third-order valence-electron chi connectivity index (χ3n) is 6.59. The molecule has 0 unspecified atom stereocenters. The predicted octanol–water partition coefficient (Wildman–Crippen LogP) is 4.47. The first-order valence-corrected chi connectivity index (χ1v) is 10.7. The monoisotopic (exact) mass is 398 g/mol. The van der Waals surface area contributed by atoms with E-state index in [0.717, 1.165) is 29.2 Å². The highest BCUT2D eigenvalue weighted by Gasteiger charge is 2.37. The van der Waals surface area contributed by atoms with Crippen LogP contribution < -0.4 is 5.32 Å². The molecule has 0 aliphatic carbocycles. The van der Waals surface area contributed by atoms with Crippen molar-refractivity contribution in [1.82, 2.24) is 10.2 Å². The smallest absolute Gasteiger partial charge is 0.254 e. The summed E-state index contributed by atoms with van der Waals surface area (Å²) in [5.41, 5.74) is 5.51. The number of hydrogen-bond acceptors (Lipinski definition) is 2. The fourth-order valence-electron chi connectivity index (χ4n) is 4.93. The van der Waals surface area contributed by atoms with E-state index in [1.165, 1.54) is 16.7 Å². The Bertz CT molecular complexity index is 1170. The summed E-state index contributed by atoms with van der Waals surface area (Å²) in [6, 6.07) is 18.7. The van der Waals surface area contributed by atoms with Gasteiger partial charge in [0.25, 0.3) is 5.91 Å². The lowest BCUT2D eigenvalue weighted by atomic mass is 9.91. The van der Waals surface area contributed by atoms with E-state index in [-0.39, 0.29) is 23.8 Å². The number of rotatable bonds is 2. The molecule has 6 rings (SSSR count). The van der Waals surface area contributed by atoms with Gasteiger partial charge in [-0.3, -0.25) is 9.59 Å². The van der Waals surface area contributed by atoms with Gasteiger partial charge in [-0.1, -0.05) is 54.1 Å². The van der Waals surface area contributed by atoms with Crippen molar-refractivity contribution in [3.8, 4) is 11.1 Å². The maximum Gasteiger partial charge on any atom is 0.254 e. The Kier molecular flexibility index (Phi) is 4.58. The Morgan fingerprint density at radius 3 is 2.53 bits per heavy atom. The van der Waals surface area contributed by atoms with Crippen LogP contribution in [0.4, 0.5) is 0 Å². The molecule has 3 aliphatic rings. The first kappa shape index (κ1) is 18.9. The van der Waals surface area contributed by atoms with Gasteiger partial charge in [-0.25, -0.2) is 0 Å². The normalized spacial score (nSPS) is 20.9. The zero-order valence-corrected chi connectivity index (χ0v) is 17.4. The largest absolute Gasteiger partial charge is 0.351 e. The van der Waals surface area contributed by atoms with Crippen LogP contribution in [0.25, 0.3) is 21.9 Å². The Labute approximate surface area is 176 Å².